The van der Waals surface area contributed by atoms with Crippen molar-refractivity contribution in [3.8, 4) is 5.75 Å². The first-order valence-electron chi connectivity index (χ1n) is 11.0. The maximum Gasteiger partial charge on any atom is 0.300 e. The lowest BCUT2D eigenvalue weighted by Crippen LogP contribution is -2.29. The molecule has 1 atom stereocenters. The minimum absolute atomic E-state index is 0.0447. The molecule has 0 spiro atoms. The number of aliphatic hydroxyl groups is 1. The van der Waals surface area contributed by atoms with Crippen LogP contribution in [0.25, 0.3) is 5.76 Å². The number of rotatable bonds is 6. The highest BCUT2D eigenvalue weighted by molar-refractivity contribution is 6.51. The SMILES string of the molecule is CCOc1ccc(C2/C(=C(\O)c3ccncc3)C(=O)C(=O)N2c2ccc(C(C)C)cc2)cc1. The average Bonchev–Trinajstić information content (AvgIpc) is 3.10. The van der Waals surface area contributed by atoms with E-state index in [0.717, 1.165) is 5.56 Å². The number of ether oxygens (including phenoxy) is 1. The quantitative estimate of drug-likeness (QED) is 0.321. The van der Waals surface area contributed by atoms with Crippen LogP contribution < -0.4 is 9.64 Å². The topological polar surface area (TPSA) is 79.7 Å². The summed E-state index contributed by atoms with van der Waals surface area (Å²) in [5, 5.41) is 11.1. The lowest BCUT2D eigenvalue weighted by atomic mass is 9.95. The molecule has 3 aromatic rings. The van der Waals surface area contributed by atoms with E-state index in [1.807, 2.05) is 43.3 Å². The fourth-order valence-corrected chi connectivity index (χ4v) is 4.01. The summed E-state index contributed by atoms with van der Waals surface area (Å²) in [6, 6.07) is 17.3. The first kappa shape index (κ1) is 22.3. The molecular formula is C27H26N2O4. The van der Waals surface area contributed by atoms with Crippen LogP contribution in [0, 0.1) is 0 Å². The summed E-state index contributed by atoms with van der Waals surface area (Å²) in [6.45, 7) is 6.62. The van der Waals surface area contributed by atoms with Crippen LogP contribution in [0.4, 0.5) is 5.69 Å². The summed E-state index contributed by atoms with van der Waals surface area (Å²) < 4.78 is 5.54. The molecule has 0 aliphatic carbocycles. The number of aliphatic hydroxyl groups excluding tert-OH is 1. The number of anilines is 1. The van der Waals surface area contributed by atoms with E-state index < -0.39 is 17.7 Å². The van der Waals surface area contributed by atoms with Crippen molar-refractivity contribution in [3.63, 3.8) is 0 Å². The predicted octanol–water partition coefficient (Wildman–Crippen LogP) is 5.23. The highest BCUT2D eigenvalue weighted by Crippen LogP contribution is 2.42. The summed E-state index contributed by atoms with van der Waals surface area (Å²) in [7, 11) is 0. The number of carbonyl (C=O) groups is 2. The molecule has 0 bridgehead atoms. The Bertz CT molecular complexity index is 1180. The van der Waals surface area contributed by atoms with E-state index in [2.05, 4.69) is 18.8 Å². The third-order valence-corrected chi connectivity index (χ3v) is 5.74. The Morgan fingerprint density at radius 2 is 1.64 bits per heavy atom. The number of Topliss-reactive ketones (excluding diaryl/α,β-unsaturated/α-hetero) is 1. The van der Waals surface area contributed by atoms with Crippen molar-refractivity contribution in [1.82, 2.24) is 4.98 Å². The minimum Gasteiger partial charge on any atom is -0.507 e. The highest BCUT2D eigenvalue weighted by Gasteiger charge is 2.47. The van der Waals surface area contributed by atoms with Crippen LogP contribution in [0.1, 0.15) is 49.4 Å². The summed E-state index contributed by atoms with van der Waals surface area (Å²) >= 11 is 0. The van der Waals surface area contributed by atoms with Gasteiger partial charge in [0.15, 0.2) is 0 Å². The number of nitrogens with zero attached hydrogens (tertiary/aromatic N) is 2. The number of pyridine rings is 1. The zero-order valence-corrected chi connectivity index (χ0v) is 18.9. The van der Waals surface area contributed by atoms with Crippen LogP contribution in [0.2, 0.25) is 0 Å². The predicted molar refractivity (Wildman–Crippen MR) is 127 cm³/mol. The van der Waals surface area contributed by atoms with Crippen LogP contribution >= 0.6 is 0 Å². The fraction of sp³-hybridized carbons (Fsp3) is 0.222. The molecule has 2 heterocycles. The van der Waals surface area contributed by atoms with Crippen LogP contribution in [-0.2, 0) is 9.59 Å². The van der Waals surface area contributed by atoms with Gasteiger partial charge in [-0.15, -0.1) is 0 Å². The van der Waals surface area contributed by atoms with E-state index in [0.29, 0.717) is 35.1 Å². The Morgan fingerprint density at radius 1 is 1.00 bits per heavy atom. The molecule has 1 aliphatic rings. The van der Waals surface area contributed by atoms with Gasteiger partial charge in [-0.1, -0.05) is 38.1 Å². The summed E-state index contributed by atoms with van der Waals surface area (Å²) in [5.41, 5.74) is 2.89. The van der Waals surface area contributed by atoms with E-state index in [-0.39, 0.29) is 11.3 Å². The van der Waals surface area contributed by atoms with Crippen molar-refractivity contribution in [2.45, 2.75) is 32.7 Å². The maximum atomic E-state index is 13.2. The van der Waals surface area contributed by atoms with Crippen molar-refractivity contribution >= 4 is 23.1 Å². The van der Waals surface area contributed by atoms with Crippen molar-refractivity contribution < 1.29 is 19.4 Å². The van der Waals surface area contributed by atoms with Gasteiger partial charge in [-0.3, -0.25) is 19.5 Å². The zero-order chi connectivity index (χ0) is 23.5. The van der Waals surface area contributed by atoms with Gasteiger partial charge in [0.05, 0.1) is 18.2 Å². The number of hydrogen-bond acceptors (Lipinski definition) is 5. The standard InChI is InChI=1S/C27H26N2O4/c1-4-33-22-11-7-19(8-12-22)24-23(25(30)20-13-15-28-16-14-20)26(31)27(32)29(24)21-9-5-18(6-10-21)17(2)3/h5-17,24,30H,4H2,1-3H3/b25-23+. The number of carbonyl (C=O) groups excluding carboxylic acids is 2. The Hall–Kier alpha value is -3.93. The zero-order valence-electron chi connectivity index (χ0n) is 18.9. The van der Waals surface area contributed by atoms with Gasteiger partial charge in [-0.05, 0) is 60.4 Å². The molecule has 6 heteroatoms. The second kappa shape index (κ2) is 9.28. The number of benzene rings is 2. The van der Waals surface area contributed by atoms with Gasteiger partial charge in [-0.2, -0.15) is 0 Å². The first-order chi connectivity index (χ1) is 15.9. The number of aromatic nitrogens is 1. The summed E-state index contributed by atoms with van der Waals surface area (Å²) in [4.78, 5) is 31.8. The van der Waals surface area contributed by atoms with Gasteiger partial charge in [0.25, 0.3) is 11.7 Å². The molecule has 1 aromatic heterocycles. The summed E-state index contributed by atoms with van der Waals surface area (Å²) in [5.74, 6) is -0.606. The molecule has 0 saturated carbocycles. The molecule has 6 nitrogen and oxygen atoms in total. The van der Waals surface area contributed by atoms with E-state index in [1.54, 1.807) is 24.3 Å². The Morgan fingerprint density at radius 3 is 2.21 bits per heavy atom. The third-order valence-electron chi connectivity index (χ3n) is 5.74. The lowest BCUT2D eigenvalue weighted by Gasteiger charge is -2.26. The first-order valence-corrected chi connectivity index (χ1v) is 11.0. The molecule has 0 radical (unpaired) electrons. The second-order valence-corrected chi connectivity index (χ2v) is 8.15. The molecule has 1 aliphatic heterocycles. The van der Waals surface area contributed by atoms with Gasteiger partial charge in [0.2, 0.25) is 0 Å². The average molecular weight is 443 g/mol. The molecule has 1 fully saturated rings. The van der Waals surface area contributed by atoms with Gasteiger partial charge >= 0.3 is 0 Å². The molecule has 33 heavy (non-hydrogen) atoms. The van der Waals surface area contributed by atoms with Crippen molar-refractivity contribution in [1.29, 1.82) is 0 Å². The monoisotopic (exact) mass is 442 g/mol. The van der Waals surface area contributed by atoms with Gasteiger partial charge < -0.3 is 9.84 Å². The van der Waals surface area contributed by atoms with Crippen LogP contribution in [0.15, 0.2) is 78.6 Å². The third kappa shape index (κ3) is 4.24. The Kier molecular flexibility index (Phi) is 6.27. The Balaban J connectivity index is 1.87. The lowest BCUT2D eigenvalue weighted by molar-refractivity contribution is -0.132. The molecule has 1 unspecified atom stereocenters. The van der Waals surface area contributed by atoms with Crippen molar-refractivity contribution in [3.05, 3.63) is 95.3 Å². The molecule has 1 N–H and O–H groups in total. The van der Waals surface area contributed by atoms with Gasteiger partial charge in [0, 0.05) is 23.6 Å². The molecule has 4 rings (SSSR count). The molecule has 168 valence electrons. The van der Waals surface area contributed by atoms with E-state index in [4.69, 9.17) is 4.74 Å². The van der Waals surface area contributed by atoms with Crippen molar-refractivity contribution in [2.24, 2.45) is 0 Å². The van der Waals surface area contributed by atoms with Crippen LogP contribution in [0.5, 0.6) is 5.75 Å². The largest absolute Gasteiger partial charge is 0.507 e. The summed E-state index contributed by atoms with van der Waals surface area (Å²) in [6.07, 6.45) is 3.06. The number of hydrogen-bond donors (Lipinski definition) is 1. The number of ketones is 1. The molecular weight excluding hydrogens is 416 g/mol. The van der Waals surface area contributed by atoms with E-state index in [9.17, 15) is 14.7 Å². The molecule has 2 aromatic carbocycles. The van der Waals surface area contributed by atoms with Crippen LogP contribution in [-0.4, -0.2) is 28.4 Å². The smallest absolute Gasteiger partial charge is 0.300 e. The van der Waals surface area contributed by atoms with E-state index in [1.165, 1.54) is 17.3 Å². The molecule has 1 amide bonds. The molecule has 1 saturated heterocycles. The van der Waals surface area contributed by atoms with Crippen molar-refractivity contribution in [2.75, 3.05) is 11.5 Å². The Labute approximate surface area is 193 Å². The fourth-order valence-electron chi connectivity index (χ4n) is 4.01. The number of amides is 1. The van der Waals surface area contributed by atoms with Gasteiger partial charge in [-0.25, -0.2) is 0 Å². The maximum absolute atomic E-state index is 13.2. The van der Waals surface area contributed by atoms with E-state index >= 15 is 0 Å². The normalized spacial score (nSPS) is 17.6. The minimum atomic E-state index is -0.779. The van der Waals surface area contributed by atoms with Crippen LogP contribution in [0.3, 0.4) is 0 Å². The van der Waals surface area contributed by atoms with Gasteiger partial charge in [0.1, 0.15) is 11.5 Å². The second-order valence-electron chi connectivity index (χ2n) is 8.15. The highest BCUT2D eigenvalue weighted by atomic mass is 16.5.